The summed E-state index contributed by atoms with van der Waals surface area (Å²) in [6.45, 7) is 7.25. The third kappa shape index (κ3) is 6.55. The highest BCUT2D eigenvalue weighted by Crippen LogP contribution is 2.20. The number of benzene rings is 1. The molecule has 1 fully saturated rings. The van der Waals surface area contributed by atoms with Crippen molar-refractivity contribution in [3.8, 4) is 0 Å². The zero-order chi connectivity index (χ0) is 15.1. The van der Waals surface area contributed by atoms with Crippen molar-refractivity contribution < 1.29 is 9.53 Å². The number of methoxy groups -OCH3 is 1. The fourth-order valence-corrected chi connectivity index (χ4v) is 2.60. The van der Waals surface area contributed by atoms with Crippen LogP contribution in [0.25, 0.3) is 0 Å². The van der Waals surface area contributed by atoms with Gasteiger partial charge >= 0.3 is 0 Å². The van der Waals surface area contributed by atoms with Crippen molar-refractivity contribution in [1.29, 1.82) is 0 Å². The van der Waals surface area contributed by atoms with E-state index in [1.54, 1.807) is 7.11 Å². The third-order valence-electron chi connectivity index (χ3n) is 3.85. The number of hydrogen-bond donors (Lipinski definition) is 1. The first-order chi connectivity index (χ1) is 10.2. The van der Waals surface area contributed by atoms with Gasteiger partial charge in [-0.05, 0) is 18.6 Å². The third-order valence-corrected chi connectivity index (χ3v) is 3.85. The first kappa shape index (κ1) is 22.0. The molecule has 1 amide bonds. The van der Waals surface area contributed by atoms with Crippen LogP contribution in [0.1, 0.15) is 5.56 Å². The number of carbonyl (C=O) groups excluding carboxylic acids is 1. The topological polar surface area (TPSA) is 44.8 Å². The first-order valence-electron chi connectivity index (χ1n) is 7.50. The van der Waals surface area contributed by atoms with Gasteiger partial charge in [-0.25, -0.2) is 0 Å². The van der Waals surface area contributed by atoms with Crippen LogP contribution in [0.4, 0.5) is 5.69 Å². The Labute approximate surface area is 151 Å². The molecule has 1 N–H and O–H groups in total. The van der Waals surface area contributed by atoms with E-state index in [-0.39, 0.29) is 30.7 Å². The molecule has 1 heterocycles. The lowest BCUT2D eigenvalue weighted by molar-refractivity contribution is -0.130. The zero-order valence-corrected chi connectivity index (χ0v) is 15.4. The van der Waals surface area contributed by atoms with E-state index in [4.69, 9.17) is 4.74 Å². The number of amides is 1. The van der Waals surface area contributed by atoms with Crippen molar-refractivity contribution in [3.05, 3.63) is 29.8 Å². The molecule has 1 aromatic rings. The van der Waals surface area contributed by atoms with Gasteiger partial charge in [-0.2, -0.15) is 0 Å². The Morgan fingerprint density at radius 3 is 2.43 bits per heavy atom. The molecule has 1 aromatic carbocycles. The number of anilines is 1. The summed E-state index contributed by atoms with van der Waals surface area (Å²) in [4.78, 5) is 16.4. The summed E-state index contributed by atoms with van der Waals surface area (Å²) in [7, 11) is 1.66. The number of aryl methyl sites for hydroxylation is 1. The molecule has 0 saturated carbocycles. The molecule has 1 aliphatic rings. The highest BCUT2D eigenvalue weighted by atomic mass is 35.5. The maximum absolute atomic E-state index is 12.1. The lowest BCUT2D eigenvalue weighted by Gasteiger charge is -2.36. The van der Waals surface area contributed by atoms with E-state index in [2.05, 4.69) is 41.4 Å². The van der Waals surface area contributed by atoms with Crippen LogP contribution in [-0.4, -0.2) is 63.8 Å². The number of rotatable bonds is 6. The summed E-state index contributed by atoms with van der Waals surface area (Å²) < 4.78 is 4.95. The Bertz CT molecular complexity index is 466. The standard InChI is InChI=1S/C16H25N3O2.2ClH/c1-14-5-3-4-6-15(14)18-8-10-19(11-9-18)16(20)13-17-7-12-21-2;;/h3-6,17H,7-13H2,1-2H3;2*1H. The Kier molecular flexibility index (Phi) is 11.0. The second kappa shape index (κ2) is 11.5. The van der Waals surface area contributed by atoms with Gasteiger partial charge in [0.1, 0.15) is 0 Å². The smallest absolute Gasteiger partial charge is 0.236 e. The van der Waals surface area contributed by atoms with Crippen LogP contribution in [0.3, 0.4) is 0 Å². The van der Waals surface area contributed by atoms with Gasteiger partial charge in [-0.1, -0.05) is 18.2 Å². The van der Waals surface area contributed by atoms with Gasteiger partial charge in [-0.3, -0.25) is 4.79 Å². The molecule has 0 spiro atoms. The maximum Gasteiger partial charge on any atom is 0.236 e. The summed E-state index contributed by atoms with van der Waals surface area (Å²) >= 11 is 0. The quantitative estimate of drug-likeness (QED) is 0.781. The minimum absolute atomic E-state index is 0. The molecule has 5 nitrogen and oxygen atoms in total. The average Bonchev–Trinajstić information content (AvgIpc) is 2.52. The van der Waals surface area contributed by atoms with Crippen LogP contribution < -0.4 is 10.2 Å². The van der Waals surface area contributed by atoms with E-state index in [0.717, 1.165) is 26.2 Å². The minimum atomic E-state index is 0. The fourth-order valence-electron chi connectivity index (χ4n) is 2.60. The predicted molar refractivity (Wildman–Crippen MR) is 99.2 cm³/mol. The van der Waals surface area contributed by atoms with E-state index < -0.39 is 0 Å². The van der Waals surface area contributed by atoms with Crippen LogP contribution >= 0.6 is 24.8 Å². The summed E-state index contributed by atoms with van der Waals surface area (Å²) in [5.41, 5.74) is 2.57. The SMILES string of the molecule is COCCNCC(=O)N1CCN(c2ccccc2C)CC1.Cl.Cl. The zero-order valence-electron chi connectivity index (χ0n) is 13.8. The Hall–Kier alpha value is -1.01. The van der Waals surface area contributed by atoms with E-state index in [9.17, 15) is 4.79 Å². The monoisotopic (exact) mass is 363 g/mol. The van der Waals surface area contributed by atoms with E-state index in [0.29, 0.717) is 19.7 Å². The lowest BCUT2D eigenvalue weighted by atomic mass is 10.1. The molecular formula is C16H27Cl2N3O2. The second-order valence-electron chi connectivity index (χ2n) is 5.32. The molecule has 0 bridgehead atoms. The lowest BCUT2D eigenvalue weighted by Crippen LogP contribution is -2.51. The highest BCUT2D eigenvalue weighted by molar-refractivity contribution is 5.85. The molecule has 1 aliphatic heterocycles. The molecular weight excluding hydrogens is 337 g/mol. The number of hydrogen-bond acceptors (Lipinski definition) is 4. The number of piperazine rings is 1. The number of nitrogens with one attached hydrogen (secondary N) is 1. The van der Waals surface area contributed by atoms with Gasteiger partial charge in [0.2, 0.25) is 5.91 Å². The van der Waals surface area contributed by atoms with Gasteiger partial charge < -0.3 is 19.9 Å². The van der Waals surface area contributed by atoms with Gasteiger partial charge in [0.15, 0.2) is 0 Å². The van der Waals surface area contributed by atoms with Gasteiger partial charge in [0.25, 0.3) is 0 Å². The number of ether oxygens (including phenoxy) is 1. The molecule has 0 aromatic heterocycles. The molecule has 2 rings (SSSR count). The molecule has 0 atom stereocenters. The van der Waals surface area contributed by atoms with E-state index in [1.165, 1.54) is 11.3 Å². The maximum atomic E-state index is 12.1. The fraction of sp³-hybridized carbons (Fsp3) is 0.562. The summed E-state index contributed by atoms with van der Waals surface area (Å²) in [6, 6.07) is 8.41. The van der Waals surface area contributed by atoms with Crippen LogP contribution in [0, 0.1) is 6.92 Å². The van der Waals surface area contributed by atoms with Gasteiger partial charge in [0, 0.05) is 45.5 Å². The molecule has 0 aliphatic carbocycles. The largest absolute Gasteiger partial charge is 0.383 e. The number of halogens is 2. The normalized spacial score (nSPS) is 14.0. The van der Waals surface area contributed by atoms with Crippen molar-refractivity contribution in [2.45, 2.75) is 6.92 Å². The van der Waals surface area contributed by atoms with Crippen molar-refractivity contribution in [3.63, 3.8) is 0 Å². The van der Waals surface area contributed by atoms with Crippen LogP contribution in [0.15, 0.2) is 24.3 Å². The summed E-state index contributed by atoms with van der Waals surface area (Å²) in [5, 5.41) is 3.11. The van der Waals surface area contributed by atoms with Crippen molar-refractivity contribution in [2.24, 2.45) is 0 Å². The van der Waals surface area contributed by atoms with Crippen molar-refractivity contribution in [2.75, 3.05) is 57.9 Å². The Morgan fingerprint density at radius 2 is 1.83 bits per heavy atom. The Morgan fingerprint density at radius 1 is 1.17 bits per heavy atom. The Balaban J connectivity index is 0.00000242. The van der Waals surface area contributed by atoms with Gasteiger partial charge in [-0.15, -0.1) is 24.8 Å². The average molecular weight is 364 g/mol. The molecule has 0 unspecified atom stereocenters. The van der Waals surface area contributed by atoms with Crippen molar-refractivity contribution in [1.82, 2.24) is 10.2 Å². The van der Waals surface area contributed by atoms with Crippen LogP contribution in [-0.2, 0) is 9.53 Å². The highest BCUT2D eigenvalue weighted by Gasteiger charge is 2.21. The van der Waals surface area contributed by atoms with Crippen LogP contribution in [0.5, 0.6) is 0 Å². The summed E-state index contributed by atoms with van der Waals surface area (Å²) in [6.07, 6.45) is 0. The number of para-hydroxylation sites is 1. The molecule has 7 heteroatoms. The first-order valence-corrected chi connectivity index (χ1v) is 7.50. The second-order valence-corrected chi connectivity index (χ2v) is 5.32. The van der Waals surface area contributed by atoms with E-state index >= 15 is 0 Å². The summed E-state index contributed by atoms with van der Waals surface area (Å²) in [5.74, 6) is 0.176. The molecule has 132 valence electrons. The molecule has 0 radical (unpaired) electrons. The van der Waals surface area contributed by atoms with Crippen LogP contribution in [0.2, 0.25) is 0 Å². The molecule has 23 heavy (non-hydrogen) atoms. The van der Waals surface area contributed by atoms with Crippen molar-refractivity contribution >= 4 is 36.4 Å². The number of carbonyl (C=O) groups is 1. The minimum Gasteiger partial charge on any atom is -0.383 e. The predicted octanol–water partition coefficient (Wildman–Crippen LogP) is 1.72. The number of nitrogens with zero attached hydrogens (tertiary/aromatic N) is 2. The molecule has 1 saturated heterocycles. The van der Waals surface area contributed by atoms with E-state index in [1.807, 2.05) is 4.90 Å². The van der Waals surface area contributed by atoms with Gasteiger partial charge in [0.05, 0.1) is 13.2 Å².